The van der Waals surface area contributed by atoms with Crippen molar-refractivity contribution in [3.05, 3.63) is 41.6 Å². The summed E-state index contributed by atoms with van der Waals surface area (Å²) in [6, 6.07) is 9.29. The molecule has 0 fully saturated rings. The summed E-state index contributed by atoms with van der Waals surface area (Å²) >= 11 is 0. The molecular formula is C14H16N2O3. The number of likely N-dealkylation sites (N-methyl/N-ethyl adjacent to an activating group) is 1. The summed E-state index contributed by atoms with van der Waals surface area (Å²) in [7, 11) is 4.08. The van der Waals surface area contributed by atoms with E-state index in [0.717, 1.165) is 18.5 Å². The van der Waals surface area contributed by atoms with E-state index < -0.39 is 5.97 Å². The molecule has 1 N–H and O–H groups in total. The maximum absolute atomic E-state index is 10.7. The summed E-state index contributed by atoms with van der Waals surface area (Å²) in [4.78, 5) is 12.9. The Morgan fingerprint density at radius 3 is 2.53 bits per heavy atom. The van der Waals surface area contributed by atoms with Crippen LogP contribution in [0.1, 0.15) is 16.1 Å². The molecule has 2 rings (SSSR count). The molecule has 0 bridgehead atoms. The molecule has 0 aliphatic carbocycles. The SMILES string of the molecule is CN(C)CCc1ccc(-c2cc(C(=O)O)no2)cc1. The van der Waals surface area contributed by atoms with Crippen LogP contribution in [0.25, 0.3) is 11.3 Å². The molecule has 0 aliphatic heterocycles. The number of hydrogen-bond donors (Lipinski definition) is 1. The zero-order valence-corrected chi connectivity index (χ0v) is 11.0. The number of carboxylic acids is 1. The highest BCUT2D eigenvalue weighted by Gasteiger charge is 2.11. The second kappa shape index (κ2) is 5.67. The Hall–Kier alpha value is -2.14. The molecule has 100 valence electrons. The molecule has 2 aromatic rings. The van der Waals surface area contributed by atoms with Crippen LogP contribution in [-0.4, -0.2) is 41.8 Å². The fourth-order valence-electron chi connectivity index (χ4n) is 1.70. The largest absolute Gasteiger partial charge is 0.476 e. The van der Waals surface area contributed by atoms with Gasteiger partial charge in [0.15, 0.2) is 11.5 Å². The van der Waals surface area contributed by atoms with Crippen LogP contribution < -0.4 is 0 Å². The number of benzene rings is 1. The number of hydrogen-bond acceptors (Lipinski definition) is 4. The molecule has 5 heteroatoms. The van der Waals surface area contributed by atoms with E-state index in [9.17, 15) is 4.79 Å². The lowest BCUT2D eigenvalue weighted by Gasteiger charge is -2.09. The zero-order chi connectivity index (χ0) is 13.8. The van der Waals surface area contributed by atoms with Crippen LogP contribution in [-0.2, 0) is 6.42 Å². The van der Waals surface area contributed by atoms with E-state index in [-0.39, 0.29) is 5.69 Å². The molecule has 1 heterocycles. The molecule has 0 spiro atoms. The van der Waals surface area contributed by atoms with Gasteiger partial charge in [-0.15, -0.1) is 0 Å². The summed E-state index contributed by atoms with van der Waals surface area (Å²) < 4.78 is 5.01. The van der Waals surface area contributed by atoms with Crippen LogP contribution in [0.5, 0.6) is 0 Å². The van der Waals surface area contributed by atoms with Crippen LogP contribution in [0.15, 0.2) is 34.9 Å². The molecule has 0 atom stereocenters. The van der Waals surface area contributed by atoms with Gasteiger partial charge in [-0.25, -0.2) is 4.79 Å². The van der Waals surface area contributed by atoms with Gasteiger partial charge in [-0.1, -0.05) is 29.4 Å². The van der Waals surface area contributed by atoms with Crippen molar-refractivity contribution in [2.45, 2.75) is 6.42 Å². The average Bonchev–Trinajstić information content (AvgIpc) is 2.86. The molecule has 0 aliphatic rings. The van der Waals surface area contributed by atoms with E-state index in [0.29, 0.717) is 5.76 Å². The standard InChI is InChI=1S/C14H16N2O3/c1-16(2)8-7-10-3-5-11(6-4-10)13-9-12(14(17)18)15-19-13/h3-6,9H,7-8H2,1-2H3,(H,17,18). The molecule has 1 aromatic heterocycles. The first-order valence-corrected chi connectivity index (χ1v) is 6.00. The van der Waals surface area contributed by atoms with Crippen molar-refractivity contribution in [1.82, 2.24) is 10.1 Å². The van der Waals surface area contributed by atoms with Crippen LogP contribution in [0.2, 0.25) is 0 Å². The zero-order valence-electron chi connectivity index (χ0n) is 11.0. The molecule has 0 radical (unpaired) electrons. The Bertz CT molecular complexity index is 558. The number of carbonyl (C=O) groups is 1. The number of aromatic carboxylic acids is 1. The molecule has 1 aromatic carbocycles. The van der Waals surface area contributed by atoms with Crippen LogP contribution in [0.4, 0.5) is 0 Å². The fraction of sp³-hybridized carbons (Fsp3) is 0.286. The minimum absolute atomic E-state index is 0.0771. The quantitative estimate of drug-likeness (QED) is 0.892. The van der Waals surface area contributed by atoms with Crippen molar-refractivity contribution in [2.24, 2.45) is 0 Å². The second-order valence-corrected chi connectivity index (χ2v) is 4.63. The van der Waals surface area contributed by atoms with Gasteiger partial charge in [-0.3, -0.25) is 0 Å². The van der Waals surface area contributed by atoms with E-state index in [4.69, 9.17) is 9.63 Å². The topological polar surface area (TPSA) is 66.6 Å². The van der Waals surface area contributed by atoms with Gasteiger partial charge < -0.3 is 14.5 Å². The molecular weight excluding hydrogens is 244 g/mol. The van der Waals surface area contributed by atoms with Crippen molar-refractivity contribution in [3.63, 3.8) is 0 Å². The Morgan fingerprint density at radius 1 is 1.32 bits per heavy atom. The molecule has 0 saturated carbocycles. The molecule has 5 nitrogen and oxygen atoms in total. The van der Waals surface area contributed by atoms with Gasteiger partial charge in [0.25, 0.3) is 0 Å². The van der Waals surface area contributed by atoms with E-state index in [1.807, 2.05) is 38.4 Å². The van der Waals surface area contributed by atoms with Crippen molar-refractivity contribution >= 4 is 5.97 Å². The highest BCUT2D eigenvalue weighted by atomic mass is 16.5. The maximum Gasteiger partial charge on any atom is 0.358 e. The number of carboxylic acid groups (broad SMARTS) is 1. The maximum atomic E-state index is 10.7. The van der Waals surface area contributed by atoms with E-state index in [1.165, 1.54) is 11.6 Å². The molecule has 0 unspecified atom stereocenters. The Morgan fingerprint density at radius 2 is 2.00 bits per heavy atom. The van der Waals surface area contributed by atoms with Crippen LogP contribution in [0, 0.1) is 0 Å². The lowest BCUT2D eigenvalue weighted by atomic mass is 10.1. The number of aromatic nitrogens is 1. The second-order valence-electron chi connectivity index (χ2n) is 4.63. The van der Waals surface area contributed by atoms with Gasteiger partial charge in [0.05, 0.1) is 0 Å². The van der Waals surface area contributed by atoms with Gasteiger partial charge >= 0.3 is 5.97 Å². The van der Waals surface area contributed by atoms with Crippen LogP contribution >= 0.6 is 0 Å². The summed E-state index contributed by atoms with van der Waals surface area (Å²) in [6.45, 7) is 0.991. The van der Waals surface area contributed by atoms with E-state index >= 15 is 0 Å². The average molecular weight is 260 g/mol. The predicted molar refractivity (Wildman–Crippen MR) is 71.2 cm³/mol. The van der Waals surface area contributed by atoms with E-state index in [1.54, 1.807) is 0 Å². The molecule has 19 heavy (non-hydrogen) atoms. The third-order valence-corrected chi connectivity index (χ3v) is 2.82. The summed E-state index contributed by atoms with van der Waals surface area (Å²) in [5.41, 5.74) is 1.98. The Labute approximate surface area is 111 Å². The third-order valence-electron chi connectivity index (χ3n) is 2.82. The van der Waals surface area contributed by atoms with Gasteiger partial charge in [0.2, 0.25) is 0 Å². The highest BCUT2D eigenvalue weighted by molar-refractivity contribution is 5.86. The summed E-state index contributed by atoms with van der Waals surface area (Å²) in [5.74, 6) is -0.617. The van der Waals surface area contributed by atoms with Crippen molar-refractivity contribution in [2.75, 3.05) is 20.6 Å². The van der Waals surface area contributed by atoms with Gasteiger partial charge in [0.1, 0.15) is 0 Å². The van der Waals surface area contributed by atoms with Crippen LogP contribution in [0.3, 0.4) is 0 Å². The molecule has 0 amide bonds. The monoisotopic (exact) mass is 260 g/mol. The first kappa shape index (κ1) is 13.3. The first-order valence-electron chi connectivity index (χ1n) is 6.00. The molecule has 0 saturated heterocycles. The van der Waals surface area contributed by atoms with Gasteiger partial charge in [-0.05, 0) is 26.1 Å². The smallest absolute Gasteiger partial charge is 0.358 e. The summed E-state index contributed by atoms with van der Waals surface area (Å²) in [6.07, 6.45) is 0.976. The number of nitrogens with zero attached hydrogens (tertiary/aromatic N) is 2. The Balaban J connectivity index is 2.10. The minimum atomic E-state index is -1.09. The minimum Gasteiger partial charge on any atom is -0.476 e. The van der Waals surface area contributed by atoms with Gasteiger partial charge in [0, 0.05) is 18.2 Å². The van der Waals surface area contributed by atoms with Crippen molar-refractivity contribution in [1.29, 1.82) is 0 Å². The fourth-order valence-corrected chi connectivity index (χ4v) is 1.70. The van der Waals surface area contributed by atoms with Crippen molar-refractivity contribution in [3.8, 4) is 11.3 Å². The van der Waals surface area contributed by atoms with Gasteiger partial charge in [-0.2, -0.15) is 0 Å². The third kappa shape index (κ3) is 3.42. The highest BCUT2D eigenvalue weighted by Crippen LogP contribution is 2.21. The summed E-state index contributed by atoms with van der Waals surface area (Å²) in [5, 5.41) is 12.3. The predicted octanol–water partition coefficient (Wildman–Crippen LogP) is 2.14. The lowest BCUT2D eigenvalue weighted by molar-refractivity contribution is 0.0686. The van der Waals surface area contributed by atoms with Crippen molar-refractivity contribution < 1.29 is 14.4 Å². The van der Waals surface area contributed by atoms with E-state index in [2.05, 4.69) is 10.1 Å². The first-order chi connectivity index (χ1) is 9.06. The Kier molecular flexibility index (Phi) is 3.97. The lowest BCUT2D eigenvalue weighted by Crippen LogP contribution is -2.14. The number of rotatable bonds is 5. The normalized spacial score (nSPS) is 10.9.